The number of pyridine rings is 1. The maximum atomic E-state index is 15.0. The number of ether oxygens (including phenoxy) is 1. The summed E-state index contributed by atoms with van der Waals surface area (Å²) >= 11 is 0. The molecule has 0 amide bonds. The van der Waals surface area contributed by atoms with Gasteiger partial charge in [-0.2, -0.15) is 0 Å². The molecule has 0 saturated carbocycles. The maximum absolute atomic E-state index is 15.0. The second-order valence-corrected chi connectivity index (χ2v) is 10.3. The van der Waals surface area contributed by atoms with Crippen molar-refractivity contribution < 1.29 is 19.0 Å². The lowest BCUT2D eigenvalue weighted by Gasteiger charge is -2.38. The molecule has 3 aromatic rings. The molecule has 2 aliphatic heterocycles. The zero-order valence-electron chi connectivity index (χ0n) is 21.5. The third-order valence-corrected chi connectivity index (χ3v) is 7.22. The zero-order chi connectivity index (χ0) is 26.4. The van der Waals surface area contributed by atoms with Gasteiger partial charge in [0.2, 0.25) is 0 Å². The molecule has 0 aliphatic carbocycles. The number of carboxylic acids is 1. The Morgan fingerprint density at radius 2 is 2.05 bits per heavy atom. The number of fused-ring (bicyclic) bond motifs is 2. The number of aliphatic carboxylic acids is 1. The van der Waals surface area contributed by atoms with Crippen LogP contribution in [0.3, 0.4) is 0 Å². The summed E-state index contributed by atoms with van der Waals surface area (Å²) in [5.41, 5.74) is 1.70. The summed E-state index contributed by atoms with van der Waals surface area (Å²) in [4.78, 5) is 27.4. The second kappa shape index (κ2) is 12.0. The highest BCUT2D eigenvalue weighted by molar-refractivity contribution is 5.90. The van der Waals surface area contributed by atoms with Gasteiger partial charge in [0.1, 0.15) is 24.0 Å². The zero-order valence-corrected chi connectivity index (χ0v) is 21.5. The first-order chi connectivity index (χ1) is 18.5. The molecule has 0 radical (unpaired) electrons. The molecule has 1 saturated heterocycles. The molecule has 9 nitrogen and oxygen atoms in total. The fraction of sp³-hybridized carbons (Fsp3) is 0.500. The number of anilines is 2. The van der Waals surface area contributed by atoms with Crippen LogP contribution in [0.25, 0.3) is 10.9 Å². The summed E-state index contributed by atoms with van der Waals surface area (Å²) < 4.78 is 20.1. The molecule has 5 rings (SSSR count). The van der Waals surface area contributed by atoms with E-state index >= 15 is 0 Å². The van der Waals surface area contributed by atoms with E-state index in [2.05, 4.69) is 32.7 Å². The summed E-state index contributed by atoms with van der Waals surface area (Å²) in [6, 6.07) is 10.9. The summed E-state index contributed by atoms with van der Waals surface area (Å²) in [5.74, 6) is 0.515. The first-order valence-electron chi connectivity index (χ1n) is 13.4. The van der Waals surface area contributed by atoms with Crippen LogP contribution < -0.4 is 10.6 Å². The summed E-state index contributed by atoms with van der Waals surface area (Å²) in [6.07, 6.45) is 6.58. The normalized spacial score (nSPS) is 16.9. The van der Waals surface area contributed by atoms with Crippen LogP contribution in [0.1, 0.15) is 36.9 Å². The first-order valence-corrected chi connectivity index (χ1v) is 13.4. The molecule has 1 atom stereocenters. The van der Waals surface area contributed by atoms with Crippen molar-refractivity contribution in [3.63, 3.8) is 0 Å². The Kier molecular flexibility index (Phi) is 8.29. The minimum atomic E-state index is -1.37. The molecule has 38 heavy (non-hydrogen) atoms. The van der Waals surface area contributed by atoms with Crippen LogP contribution in [0, 0.1) is 0 Å². The van der Waals surface area contributed by atoms with Gasteiger partial charge >= 0.3 is 5.97 Å². The Morgan fingerprint density at radius 3 is 2.87 bits per heavy atom. The lowest BCUT2D eigenvalue weighted by atomic mass is 10.0. The Balaban J connectivity index is 1.17. The third-order valence-electron chi connectivity index (χ3n) is 7.22. The Hall–Kier alpha value is -3.37. The molecule has 0 spiro atoms. The third kappa shape index (κ3) is 6.54. The number of nitrogens with one attached hydrogen (secondary N) is 2. The molecule has 10 heteroatoms. The van der Waals surface area contributed by atoms with Crippen molar-refractivity contribution in [2.75, 3.05) is 50.0 Å². The van der Waals surface area contributed by atoms with E-state index in [1.807, 2.05) is 29.2 Å². The summed E-state index contributed by atoms with van der Waals surface area (Å²) in [6.45, 7) is 2.49. The van der Waals surface area contributed by atoms with Crippen LogP contribution >= 0.6 is 0 Å². The summed E-state index contributed by atoms with van der Waals surface area (Å²) in [7, 11) is 0. The van der Waals surface area contributed by atoms with Crippen LogP contribution in [0.2, 0.25) is 0 Å². The van der Waals surface area contributed by atoms with Crippen LogP contribution in [0.15, 0.2) is 42.7 Å². The quantitative estimate of drug-likeness (QED) is 0.289. The van der Waals surface area contributed by atoms with Crippen molar-refractivity contribution in [2.45, 2.75) is 50.2 Å². The minimum Gasteiger partial charge on any atom is -0.480 e. The lowest BCUT2D eigenvalue weighted by Crippen LogP contribution is -2.54. The van der Waals surface area contributed by atoms with Gasteiger partial charge < -0.3 is 20.5 Å². The van der Waals surface area contributed by atoms with Crippen molar-refractivity contribution in [1.29, 1.82) is 0 Å². The molecule has 2 aliphatic rings. The highest BCUT2D eigenvalue weighted by atomic mass is 19.1. The number of alkyl halides is 1. The minimum absolute atomic E-state index is 0.0864. The number of rotatable bonds is 13. The molecule has 1 aromatic carbocycles. The fourth-order valence-electron chi connectivity index (χ4n) is 5.09. The largest absolute Gasteiger partial charge is 0.480 e. The van der Waals surface area contributed by atoms with Gasteiger partial charge in [-0.1, -0.05) is 18.2 Å². The molecular weight excluding hydrogens is 487 g/mol. The number of hydrogen-bond donors (Lipinski definition) is 3. The number of halogens is 1. The Labute approximate surface area is 221 Å². The number of nitrogens with zero attached hydrogens (tertiary/aromatic N) is 4. The van der Waals surface area contributed by atoms with Gasteiger partial charge in [-0.15, -0.1) is 0 Å². The Bertz CT molecular complexity index is 1250. The van der Waals surface area contributed by atoms with E-state index in [9.17, 15) is 14.3 Å². The topological polar surface area (TPSA) is 112 Å². The predicted octanol–water partition coefficient (Wildman–Crippen LogP) is 3.70. The number of aryl methyl sites for hydroxylation is 2. The van der Waals surface area contributed by atoms with E-state index in [0.29, 0.717) is 25.3 Å². The molecule has 4 heterocycles. The maximum Gasteiger partial charge on any atom is 0.326 e. The van der Waals surface area contributed by atoms with Crippen molar-refractivity contribution in [3.8, 4) is 0 Å². The average molecular weight is 523 g/mol. The summed E-state index contributed by atoms with van der Waals surface area (Å²) in [5, 5.41) is 17.1. The van der Waals surface area contributed by atoms with Gasteiger partial charge in [0, 0.05) is 30.7 Å². The highest BCUT2D eigenvalue weighted by Crippen LogP contribution is 2.25. The number of para-hydroxylation sites is 1. The van der Waals surface area contributed by atoms with Crippen LogP contribution in [-0.4, -0.2) is 82.0 Å². The number of benzene rings is 1. The van der Waals surface area contributed by atoms with Gasteiger partial charge in [-0.3, -0.25) is 4.90 Å². The smallest absolute Gasteiger partial charge is 0.326 e. The van der Waals surface area contributed by atoms with Crippen molar-refractivity contribution in [2.24, 2.45) is 0 Å². The van der Waals surface area contributed by atoms with Crippen LogP contribution in [-0.2, 0) is 22.4 Å². The molecule has 3 N–H and O–H groups in total. The number of hydrogen-bond acceptors (Lipinski definition) is 8. The number of unbranched alkanes of at least 4 members (excludes halogenated alkanes) is 1. The predicted molar refractivity (Wildman–Crippen MR) is 144 cm³/mol. The second-order valence-electron chi connectivity index (χ2n) is 10.3. The van der Waals surface area contributed by atoms with Gasteiger partial charge in [-0.05, 0) is 68.8 Å². The van der Waals surface area contributed by atoms with Crippen molar-refractivity contribution in [1.82, 2.24) is 19.9 Å². The van der Waals surface area contributed by atoms with E-state index in [0.717, 1.165) is 61.1 Å². The number of carboxylic acid groups (broad SMARTS) is 1. The number of carbonyl (C=O) groups is 1. The SMILES string of the molecule is O=C(O)[C@H](CCN(CCCCc1ccc2c(n1)NCCC2)CC1(F)COC1)Nc1ncnc2ccccc12. The van der Waals surface area contributed by atoms with E-state index in [-0.39, 0.29) is 19.8 Å². The van der Waals surface area contributed by atoms with E-state index in [1.165, 1.54) is 11.9 Å². The van der Waals surface area contributed by atoms with Gasteiger partial charge in [0.15, 0.2) is 5.67 Å². The van der Waals surface area contributed by atoms with Crippen LogP contribution in [0.4, 0.5) is 16.0 Å². The molecule has 2 aromatic heterocycles. The average Bonchev–Trinajstić information content (AvgIpc) is 2.92. The van der Waals surface area contributed by atoms with Gasteiger partial charge in [-0.25, -0.2) is 24.1 Å². The molecule has 202 valence electrons. The van der Waals surface area contributed by atoms with E-state index < -0.39 is 17.7 Å². The fourth-order valence-corrected chi connectivity index (χ4v) is 5.09. The Morgan fingerprint density at radius 1 is 1.18 bits per heavy atom. The van der Waals surface area contributed by atoms with Gasteiger partial charge in [0.25, 0.3) is 0 Å². The highest BCUT2D eigenvalue weighted by Gasteiger charge is 2.40. The van der Waals surface area contributed by atoms with E-state index in [1.54, 1.807) is 0 Å². The molecule has 0 unspecified atom stereocenters. The number of aromatic nitrogens is 3. The molecule has 1 fully saturated rings. The standard InChI is InChI=1S/C28H35FN6O3/c29-28(17-38-18-28)16-35(14-4-3-7-21-11-10-20-6-5-13-30-25(20)33-21)15-12-24(27(36)37)34-26-22-8-1-2-9-23(22)31-19-32-26/h1-2,8-11,19,24H,3-7,12-18H2,(H,30,33)(H,36,37)(H,31,32,34)/t24-/m0/s1. The lowest BCUT2D eigenvalue weighted by molar-refractivity contribution is -0.142. The van der Waals surface area contributed by atoms with Crippen molar-refractivity contribution >= 4 is 28.5 Å². The first kappa shape index (κ1) is 26.2. The van der Waals surface area contributed by atoms with Gasteiger partial charge in [0.05, 0.1) is 18.7 Å². The molecule has 0 bridgehead atoms. The van der Waals surface area contributed by atoms with E-state index in [4.69, 9.17) is 9.72 Å². The van der Waals surface area contributed by atoms with Crippen molar-refractivity contribution in [3.05, 3.63) is 54.0 Å². The monoisotopic (exact) mass is 522 g/mol. The van der Waals surface area contributed by atoms with Crippen LogP contribution in [0.5, 0.6) is 0 Å². The molecular formula is C28H35FN6O3.